The fraction of sp³-hybridized carbons (Fsp3) is 0.727. The molecule has 0 bridgehead atoms. The molecule has 0 aromatic carbocycles. The van der Waals surface area contributed by atoms with Gasteiger partial charge in [0.05, 0.1) is 12.2 Å². The second kappa shape index (κ2) is 11.7. The number of allylic oxidation sites excluding steroid dienone is 2. The van der Waals surface area contributed by atoms with Crippen molar-refractivity contribution in [3.8, 4) is 0 Å². The molecule has 0 saturated heterocycles. The van der Waals surface area contributed by atoms with E-state index >= 15 is 0 Å². The number of aliphatic hydroxyl groups excluding tert-OH is 3. The predicted octanol–water partition coefficient (Wildman–Crippen LogP) is 4.54. The molecule has 0 aromatic rings. The monoisotopic (exact) mass is 350 g/mol. The molecule has 0 saturated carbocycles. The van der Waals surface area contributed by atoms with Crippen molar-refractivity contribution in [2.75, 3.05) is 6.61 Å². The maximum Gasteiger partial charge on any atom is 0.0772 e. The van der Waals surface area contributed by atoms with Crippen molar-refractivity contribution in [2.24, 2.45) is 11.3 Å². The van der Waals surface area contributed by atoms with Crippen LogP contribution in [0.1, 0.15) is 72.1 Å². The summed E-state index contributed by atoms with van der Waals surface area (Å²) in [5, 5.41) is 29.5. The Morgan fingerprint density at radius 2 is 2.00 bits per heavy atom. The molecule has 0 aromatic heterocycles. The number of unbranched alkanes of at least 4 members (excludes halogenated alkanes) is 3. The largest absolute Gasteiger partial charge is 0.396 e. The zero-order valence-corrected chi connectivity index (χ0v) is 16.3. The summed E-state index contributed by atoms with van der Waals surface area (Å²) in [4.78, 5) is 0. The summed E-state index contributed by atoms with van der Waals surface area (Å²) in [7, 11) is 0. The van der Waals surface area contributed by atoms with Crippen LogP contribution in [-0.4, -0.2) is 34.1 Å². The van der Waals surface area contributed by atoms with Crippen LogP contribution in [0.5, 0.6) is 0 Å². The minimum Gasteiger partial charge on any atom is -0.396 e. The van der Waals surface area contributed by atoms with E-state index in [1.165, 1.54) is 5.57 Å². The van der Waals surface area contributed by atoms with E-state index in [4.69, 9.17) is 5.11 Å². The Balaban J connectivity index is 2.55. The number of hydrogen-bond donors (Lipinski definition) is 3. The van der Waals surface area contributed by atoms with Gasteiger partial charge in [0.1, 0.15) is 0 Å². The van der Waals surface area contributed by atoms with Crippen molar-refractivity contribution < 1.29 is 15.3 Å². The van der Waals surface area contributed by atoms with E-state index < -0.39 is 6.10 Å². The lowest BCUT2D eigenvalue weighted by Crippen LogP contribution is -2.28. The van der Waals surface area contributed by atoms with Gasteiger partial charge in [-0.25, -0.2) is 0 Å². The average molecular weight is 351 g/mol. The molecule has 0 amide bonds. The first kappa shape index (κ1) is 22.1. The average Bonchev–Trinajstić information content (AvgIpc) is 2.93. The quantitative estimate of drug-likeness (QED) is 0.358. The SMILES string of the molecule is CCCCC(C)(C)[C@H](O)/C=C/[C@@H]1C(C/C=C\CCCCO)=CC[C@H]1O. The van der Waals surface area contributed by atoms with Crippen LogP contribution in [-0.2, 0) is 0 Å². The van der Waals surface area contributed by atoms with Crippen LogP contribution in [0.15, 0.2) is 36.0 Å². The van der Waals surface area contributed by atoms with Crippen molar-refractivity contribution in [3.05, 3.63) is 36.0 Å². The molecule has 1 aliphatic carbocycles. The van der Waals surface area contributed by atoms with Gasteiger partial charge in [-0.3, -0.25) is 0 Å². The van der Waals surface area contributed by atoms with Gasteiger partial charge in [-0.15, -0.1) is 0 Å². The van der Waals surface area contributed by atoms with Crippen LogP contribution in [0.4, 0.5) is 0 Å². The lowest BCUT2D eigenvalue weighted by molar-refractivity contribution is 0.0804. The minimum atomic E-state index is -0.484. The van der Waals surface area contributed by atoms with Crippen LogP contribution in [0, 0.1) is 11.3 Å². The summed E-state index contributed by atoms with van der Waals surface area (Å²) in [6.07, 6.45) is 17.1. The lowest BCUT2D eigenvalue weighted by Gasteiger charge is -2.29. The molecule has 1 aliphatic rings. The van der Waals surface area contributed by atoms with Crippen molar-refractivity contribution in [1.82, 2.24) is 0 Å². The van der Waals surface area contributed by atoms with E-state index in [1.54, 1.807) is 0 Å². The maximum absolute atomic E-state index is 10.5. The van der Waals surface area contributed by atoms with E-state index in [2.05, 4.69) is 39.0 Å². The van der Waals surface area contributed by atoms with Gasteiger partial charge in [0, 0.05) is 12.5 Å². The second-order valence-electron chi connectivity index (χ2n) is 7.92. The summed E-state index contributed by atoms with van der Waals surface area (Å²) < 4.78 is 0. The van der Waals surface area contributed by atoms with Crippen molar-refractivity contribution in [2.45, 2.75) is 84.3 Å². The van der Waals surface area contributed by atoms with Gasteiger partial charge in [-0.2, -0.15) is 0 Å². The highest BCUT2D eigenvalue weighted by Crippen LogP contribution is 2.33. The normalized spacial score (nSPS) is 22.9. The molecular formula is C22H38O3. The van der Waals surface area contributed by atoms with Gasteiger partial charge < -0.3 is 15.3 Å². The Morgan fingerprint density at radius 1 is 1.24 bits per heavy atom. The Hall–Kier alpha value is -0.900. The Labute approximate surface area is 154 Å². The molecule has 25 heavy (non-hydrogen) atoms. The topological polar surface area (TPSA) is 60.7 Å². The summed E-state index contributed by atoms with van der Waals surface area (Å²) in [5.41, 5.74) is 1.10. The van der Waals surface area contributed by atoms with Gasteiger partial charge in [0.25, 0.3) is 0 Å². The molecule has 0 spiro atoms. The van der Waals surface area contributed by atoms with E-state index in [0.29, 0.717) is 6.42 Å². The first-order valence-electron chi connectivity index (χ1n) is 9.91. The Bertz CT molecular complexity index is 448. The number of rotatable bonds is 12. The smallest absolute Gasteiger partial charge is 0.0772 e. The molecule has 0 heterocycles. The summed E-state index contributed by atoms with van der Waals surface area (Å²) >= 11 is 0. The van der Waals surface area contributed by atoms with E-state index in [9.17, 15) is 10.2 Å². The maximum atomic E-state index is 10.5. The Morgan fingerprint density at radius 3 is 2.68 bits per heavy atom. The van der Waals surface area contributed by atoms with E-state index in [0.717, 1.165) is 44.9 Å². The van der Waals surface area contributed by atoms with Gasteiger partial charge in [0.15, 0.2) is 0 Å². The molecule has 0 radical (unpaired) electrons. The van der Waals surface area contributed by atoms with Crippen LogP contribution >= 0.6 is 0 Å². The number of aliphatic hydroxyl groups is 3. The van der Waals surface area contributed by atoms with E-state index in [1.807, 2.05) is 12.2 Å². The van der Waals surface area contributed by atoms with Crippen LogP contribution in [0.2, 0.25) is 0 Å². The second-order valence-corrected chi connectivity index (χ2v) is 7.92. The van der Waals surface area contributed by atoms with Gasteiger partial charge in [0.2, 0.25) is 0 Å². The third-order valence-corrected chi connectivity index (χ3v) is 5.24. The zero-order valence-electron chi connectivity index (χ0n) is 16.3. The molecule has 3 nitrogen and oxygen atoms in total. The zero-order chi connectivity index (χ0) is 18.7. The van der Waals surface area contributed by atoms with Gasteiger partial charge in [-0.1, -0.05) is 69.6 Å². The molecule has 144 valence electrons. The fourth-order valence-corrected chi connectivity index (χ4v) is 3.25. The molecule has 0 aliphatic heterocycles. The lowest BCUT2D eigenvalue weighted by atomic mass is 9.80. The van der Waals surface area contributed by atoms with Crippen molar-refractivity contribution >= 4 is 0 Å². The summed E-state index contributed by atoms with van der Waals surface area (Å²) in [6.45, 7) is 6.64. The fourth-order valence-electron chi connectivity index (χ4n) is 3.25. The van der Waals surface area contributed by atoms with Crippen molar-refractivity contribution in [3.63, 3.8) is 0 Å². The molecule has 0 fully saturated rings. The van der Waals surface area contributed by atoms with Crippen LogP contribution in [0.3, 0.4) is 0 Å². The predicted molar refractivity (Wildman–Crippen MR) is 105 cm³/mol. The third kappa shape index (κ3) is 7.89. The van der Waals surface area contributed by atoms with Crippen molar-refractivity contribution in [1.29, 1.82) is 0 Å². The first-order valence-corrected chi connectivity index (χ1v) is 9.91. The van der Waals surface area contributed by atoms with Crippen LogP contribution in [0.25, 0.3) is 0 Å². The molecule has 3 heteroatoms. The molecule has 3 atom stereocenters. The highest BCUT2D eigenvalue weighted by atomic mass is 16.3. The minimum absolute atomic E-state index is 0.0127. The van der Waals surface area contributed by atoms with E-state index in [-0.39, 0.29) is 24.0 Å². The first-order chi connectivity index (χ1) is 11.9. The molecular weight excluding hydrogens is 312 g/mol. The number of hydrogen-bond acceptors (Lipinski definition) is 3. The summed E-state index contributed by atoms with van der Waals surface area (Å²) in [5.74, 6) is 0.0127. The summed E-state index contributed by atoms with van der Waals surface area (Å²) in [6, 6.07) is 0. The van der Waals surface area contributed by atoms with Gasteiger partial charge in [-0.05, 0) is 43.9 Å². The Kier molecular flexibility index (Phi) is 10.3. The third-order valence-electron chi connectivity index (χ3n) is 5.24. The standard InChI is InChI=1S/C22H38O3/c1-4-5-16-22(2,3)21(25)15-13-19-18(12-14-20(19)24)11-9-7-6-8-10-17-23/h7,9,12-13,15,19-21,23-25H,4-6,8,10-11,14,16-17H2,1-3H3/b9-7-,15-13+/t19-,20-,21-/m1/s1. The van der Waals surface area contributed by atoms with Gasteiger partial charge >= 0.3 is 0 Å². The highest BCUT2D eigenvalue weighted by Gasteiger charge is 2.28. The van der Waals surface area contributed by atoms with Crippen LogP contribution < -0.4 is 0 Å². The molecule has 3 N–H and O–H groups in total. The molecule has 0 unspecified atom stereocenters. The highest BCUT2D eigenvalue weighted by molar-refractivity contribution is 5.24. The molecule has 1 rings (SSSR count).